The van der Waals surface area contributed by atoms with Gasteiger partial charge in [-0.1, -0.05) is 18.2 Å². The van der Waals surface area contributed by atoms with Crippen LogP contribution >= 0.6 is 11.8 Å². The number of nitrogens with zero attached hydrogens (tertiary/aromatic N) is 1. The fourth-order valence-corrected chi connectivity index (χ4v) is 2.54. The molecule has 0 fully saturated rings. The predicted molar refractivity (Wildman–Crippen MR) is 75.3 cm³/mol. The molecule has 0 aliphatic rings. The van der Waals surface area contributed by atoms with E-state index < -0.39 is 0 Å². The lowest BCUT2D eigenvalue weighted by Crippen LogP contribution is -2.19. The van der Waals surface area contributed by atoms with Gasteiger partial charge in [-0.05, 0) is 38.1 Å². The third-order valence-electron chi connectivity index (χ3n) is 2.66. The number of rotatable bonds is 5. The highest BCUT2D eigenvalue weighted by Crippen LogP contribution is 2.16. The SMILES string of the molecule is Cc1ccc(C)n1NCCSc1ccccc1. The standard InChI is InChI=1S/C14H18N2S/c1-12-8-9-13(2)16(12)15-10-11-17-14-6-4-3-5-7-14/h3-9,15H,10-11H2,1-2H3. The number of aryl methyl sites for hydroxylation is 2. The summed E-state index contributed by atoms with van der Waals surface area (Å²) in [5, 5.41) is 0. The highest BCUT2D eigenvalue weighted by molar-refractivity contribution is 7.99. The van der Waals surface area contributed by atoms with E-state index in [1.165, 1.54) is 16.3 Å². The third kappa shape index (κ3) is 3.30. The van der Waals surface area contributed by atoms with Crippen molar-refractivity contribution in [1.29, 1.82) is 0 Å². The Morgan fingerprint density at radius 1 is 1.00 bits per heavy atom. The van der Waals surface area contributed by atoms with Crippen molar-refractivity contribution < 1.29 is 0 Å². The summed E-state index contributed by atoms with van der Waals surface area (Å²) in [6.45, 7) is 5.20. The first-order valence-corrected chi connectivity index (χ1v) is 6.82. The first kappa shape index (κ1) is 12.1. The van der Waals surface area contributed by atoms with Crippen molar-refractivity contribution in [3.8, 4) is 0 Å². The Balaban J connectivity index is 1.77. The van der Waals surface area contributed by atoms with Crippen molar-refractivity contribution in [3.05, 3.63) is 53.9 Å². The van der Waals surface area contributed by atoms with Gasteiger partial charge in [0.2, 0.25) is 0 Å². The van der Waals surface area contributed by atoms with E-state index in [1.807, 2.05) is 11.8 Å². The molecule has 2 nitrogen and oxygen atoms in total. The fraction of sp³-hybridized carbons (Fsp3) is 0.286. The van der Waals surface area contributed by atoms with E-state index >= 15 is 0 Å². The second-order valence-electron chi connectivity index (χ2n) is 4.02. The van der Waals surface area contributed by atoms with Crippen LogP contribution in [0.25, 0.3) is 0 Å². The molecule has 0 bridgehead atoms. The molecule has 0 aliphatic carbocycles. The van der Waals surface area contributed by atoms with Crippen LogP contribution in [0.1, 0.15) is 11.4 Å². The molecule has 0 aliphatic heterocycles. The van der Waals surface area contributed by atoms with Gasteiger partial charge in [-0.3, -0.25) is 4.68 Å². The zero-order chi connectivity index (χ0) is 12.1. The fourth-order valence-electron chi connectivity index (χ4n) is 1.76. The van der Waals surface area contributed by atoms with Crippen LogP contribution in [-0.4, -0.2) is 17.0 Å². The minimum absolute atomic E-state index is 0.968. The maximum atomic E-state index is 3.43. The van der Waals surface area contributed by atoms with Gasteiger partial charge in [0.25, 0.3) is 0 Å². The number of aromatic nitrogens is 1. The summed E-state index contributed by atoms with van der Waals surface area (Å²) in [5.74, 6) is 1.07. The van der Waals surface area contributed by atoms with Crippen molar-refractivity contribution in [2.75, 3.05) is 17.7 Å². The van der Waals surface area contributed by atoms with E-state index in [0.29, 0.717) is 0 Å². The van der Waals surface area contributed by atoms with Gasteiger partial charge >= 0.3 is 0 Å². The topological polar surface area (TPSA) is 17.0 Å². The minimum atomic E-state index is 0.968. The van der Waals surface area contributed by atoms with E-state index in [2.05, 4.69) is 66.4 Å². The molecule has 0 radical (unpaired) electrons. The largest absolute Gasteiger partial charge is 0.325 e. The molecule has 0 saturated carbocycles. The Bertz CT molecular complexity index is 443. The molecule has 0 atom stereocenters. The molecule has 1 aromatic heterocycles. The van der Waals surface area contributed by atoms with E-state index in [1.54, 1.807) is 0 Å². The summed E-state index contributed by atoms with van der Waals surface area (Å²) in [4.78, 5) is 1.33. The van der Waals surface area contributed by atoms with Gasteiger partial charge in [-0.25, -0.2) is 0 Å². The number of hydrogen-bond donors (Lipinski definition) is 1. The quantitative estimate of drug-likeness (QED) is 0.643. The Hall–Kier alpha value is -1.35. The molecule has 0 saturated heterocycles. The lowest BCUT2D eigenvalue weighted by atomic mass is 10.4. The Labute approximate surface area is 107 Å². The average Bonchev–Trinajstić information content (AvgIpc) is 2.67. The van der Waals surface area contributed by atoms with Crippen molar-refractivity contribution in [2.24, 2.45) is 0 Å². The number of thioether (sulfide) groups is 1. The summed E-state index contributed by atoms with van der Waals surface area (Å²) in [6, 6.07) is 14.8. The van der Waals surface area contributed by atoms with Crippen LogP contribution in [0.5, 0.6) is 0 Å². The zero-order valence-electron chi connectivity index (χ0n) is 10.3. The number of hydrogen-bond acceptors (Lipinski definition) is 2. The molecule has 3 heteroatoms. The zero-order valence-corrected chi connectivity index (χ0v) is 11.1. The highest BCUT2D eigenvalue weighted by Gasteiger charge is 1.99. The summed E-state index contributed by atoms with van der Waals surface area (Å²) >= 11 is 1.88. The van der Waals surface area contributed by atoms with Crippen LogP contribution in [0.4, 0.5) is 0 Å². The maximum Gasteiger partial charge on any atom is 0.0408 e. The van der Waals surface area contributed by atoms with Gasteiger partial charge in [0.15, 0.2) is 0 Å². The molecule has 1 N–H and O–H groups in total. The van der Waals surface area contributed by atoms with Gasteiger partial charge in [0, 0.05) is 28.6 Å². The minimum Gasteiger partial charge on any atom is -0.325 e. The van der Waals surface area contributed by atoms with Crippen molar-refractivity contribution >= 4 is 11.8 Å². The van der Waals surface area contributed by atoms with E-state index in [4.69, 9.17) is 0 Å². The maximum absolute atomic E-state index is 3.43. The van der Waals surface area contributed by atoms with Crippen molar-refractivity contribution in [3.63, 3.8) is 0 Å². The van der Waals surface area contributed by atoms with E-state index in [9.17, 15) is 0 Å². The first-order valence-electron chi connectivity index (χ1n) is 5.84. The molecule has 90 valence electrons. The number of benzene rings is 1. The molecular weight excluding hydrogens is 228 g/mol. The summed E-state index contributed by atoms with van der Waals surface area (Å²) in [6.07, 6.45) is 0. The normalized spacial score (nSPS) is 10.5. The lowest BCUT2D eigenvalue weighted by Gasteiger charge is -2.12. The van der Waals surface area contributed by atoms with Crippen LogP contribution in [0.15, 0.2) is 47.4 Å². The van der Waals surface area contributed by atoms with Gasteiger partial charge < -0.3 is 5.43 Å². The molecule has 17 heavy (non-hydrogen) atoms. The summed E-state index contributed by atoms with van der Waals surface area (Å²) < 4.78 is 2.14. The van der Waals surface area contributed by atoms with Gasteiger partial charge in [-0.2, -0.15) is 0 Å². The predicted octanol–water partition coefficient (Wildman–Crippen LogP) is 3.44. The molecule has 1 heterocycles. The second-order valence-corrected chi connectivity index (χ2v) is 5.19. The van der Waals surface area contributed by atoms with Gasteiger partial charge in [-0.15, -0.1) is 11.8 Å². The average molecular weight is 246 g/mol. The Kier molecular flexibility index (Phi) is 4.15. The van der Waals surface area contributed by atoms with Gasteiger partial charge in [0.05, 0.1) is 0 Å². The molecule has 2 rings (SSSR count). The lowest BCUT2D eigenvalue weighted by molar-refractivity contribution is 0.814. The molecular formula is C14H18N2S. The van der Waals surface area contributed by atoms with Crippen LogP contribution in [0, 0.1) is 13.8 Å². The molecule has 0 unspecified atom stereocenters. The summed E-state index contributed by atoms with van der Waals surface area (Å²) in [7, 11) is 0. The smallest absolute Gasteiger partial charge is 0.0408 e. The van der Waals surface area contributed by atoms with Crippen molar-refractivity contribution in [1.82, 2.24) is 4.68 Å². The molecule has 1 aromatic carbocycles. The van der Waals surface area contributed by atoms with Crippen molar-refractivity contribution in [2.45, 2.75) is 18.7 Å². The Morgan fingerprint density at radius 2 is 1.65 bits per heavy atom. The Morgan fingerprint density at radius 3 is 2.29 bits per heavy atom. The van der Waals surface area contributed by atoms with E-state index in [0.717, 1.165) is 12.3 Å². The second kappa shape index (κ2) is 5.82. The van der Waals surface area contributed by atoms with Crippen LogP contribution < -0.4 is 5.43 Å². The molecule has 2 aromatic rings. The van der Waals surface area contributed by atoms with Crippen LogP contribution in [0.3, 0.4) is 0 Å². The summed E-state index contributed by atoms with van der Waals surface area (Å²) in [5.41, 5.74) is 5.94. The molecule has 0 amide bonds. The first-order chi connectivity index (χ1) is 8.27. The van der Waals surface area contributed by atoms with Crippen LogP contribution in [-0.2, 0) is 0 Å². The van der Waals surface area contributed by atoms with E-state index in [-0.39, 0.29) is 0 Å². The third-order valence-corrected chi connectivity index (χ3v) is 3.67. The van der Waals surface area contributed by atoms with Gasteiger partial charge in [0.1, 0.15) is 0 Å². The molecule has 0 spiro atoms. The number of nitrogens with one attached hydrogen (secondary N) is 1. The highest BCUT2D eigenvalue weighted by atomic mass is 32.2. The van der Waals surface area contributed by atoms with Crippen LogP contribution in [0.2, 0.25) is 0 Å². The monoisotopic (exact) mass is 246 g/mol.